The molecule has 2 heterocycles. The average molecular weight is 219 g/mol. The van der Waals surface area contributed by atoms with Crippen LogP contribution in [0.2, 0.25) is 0 Å². The Hall–Kier alpha value is -1.25. The fourth-order valence-electron chi connectivity index (χ4n) is 2.14. The molecule has 2 rings (SSSR count). The fraction of sp³-hybridized carbons (Fsp3) is 0.615. The summed E-state index contributed by atoms with van der Waals surface area (Å²) in [5.74, 6) is 1.50. The van der Waals surface area contributed by atoms with E-state index in [0.29, 0.717) is 5.92 Å². The zero-order chi connectivity index (χ0) is 11.5. The monoisotopic (exact) mass is 219 g/mol. The van der Waals surface area contributed by atoms with Crippen molar-refractivity contribution >= 4 is 11.5 Å². The van der Waals surface area contributed by atoms with Crippen LogP contribution < -0.4 is 10.6 Å². The molecule has 0 bridgehead atoms. The maximum atomic E-state index is 5.94. The number of hydrogen-bond acceptors (Lipinski definition) is 3. The second kappa shape index (κ2) is 4.73. The van der Waals surface area contributed by atoms with Gasteiger partial charge < -0.3 is 10.6 Å². The largest absolute Gasteiger partial charge is 0.399 e. The Labute approximate surface area is 97.7 Å². The van der Waals surface area contributed by atoms with E-state index in [4.69, 9.17) is 10.7 Å². The Morgan fingerprint density at radius 3 is 2.50 bits per heavy atom. The Kier molecular flexibility index (Phi) is 3.32. The van der Waals surface area contributed by atoms with E-state index in [-0.39, 0.29) is 0 Å². The van der Waals surface area contributed by atoms with Gasteiger partial charge in [0.1, 0.15) is 5.82 Å². The molecule has 88 valence electrons. The van der Waals surface area contributed by atoms with Crippen LogP contribution in [0, 0.1) is 0 Å². The van der Waals surface area contributed by atoms with Gasteiger partial charge in [0.2, 0.25) is 0 Å². The van der Waals surface area contributed by atoms with Crippen LogP contribution in [0.3, 0.4) is 0 Å². The molecule has 1 aliphatic rings. The molecule has 16 heavy (non-hydrogen) atoms. The van der Waals surface area contributed by atoms with Crippen LogP contribution in [0.25, 0.3) is 0 Å². The summed E-state index contributed by atoms with van der Waals surface area (Å²) in [6, 6.07) is 3.98. The third kappa shape index (κ3) is 2.46. The standard InChI is InChI=1S/C13H21N3/c1-10(2)12-8-11(14)9-13(15-12)16-6-4-3-5-7-16/h8-10H,3-7H2,1-2H3,(H2,14,15). The van der Waals surface area contributed by atoms with Crippen molar-refractivity contribution in [2.45, 2.75) is 39.0 Å². The highest BCUT2D eigenvalue weighted by molar-refractivity contribution is 5.52. The summed E-state index contributed by atoms with van der Waals surface area (Å²) in [6.45, 7) is 6.55. The summed E-state index contributed by atoms with van der Waals surface area (Å²) >= 11 is 0. The molecule has 0 aromatic carbocycles. The van der Waals surface area contributed by atoms with Crippen LogP contribution in [-0.2, 0) is 0 Å². The number of anilines is 2. The highest BCUT2D eigenvalue weighted by atomic mass is 15.2. The number of hydrogen-bond donors (Lipinski definition) is 1. The van der Waals surface area contributed by atoms with Gasteiger partial charge in [0.05, 0.1) is 0 Å². The zero-order valence-corrected chi connectivity index (χ0v) is 10.2. The topological polar surface area (TPSA) is 42.1 Å². The van der Waals surface area contributed by atoms with Crippen LogP contribution in [-0.4, -0.2) is 18.1 Å². The molecule has 0 amide bonds. The van der Waals surface area contributed by atoms with Crippen molar-refractivity contribution in [3.63, 3.8) is 0 Å². The summed E-state index contributed by atoms with van der Waals surface area (Å²) in [5.41, 5.74) is 7.87. The molecule has 1 saturated heterocycles. The Balaban J connectivity index is 2.25. The normalized spacial score (nSPS) is 16.8. The molecule has 0 atom stereocenters. The quantitative estimate of drug-likeness (QED) is 0.831. The van der Waals surface area contributed by atoms with Crippen molar-refractivity contribution < 1.29 is 0 Å². The van der Waals surface area contributed by atoms with Gasteiger partial charge in [-0.1, -0.05) is 13.8 Å². The first kappa shape index (κ1) is 11.2. The van der Waals surface area contributed by atoms with E-state index in [9.17, 15) is 0 Å². The van der Waals surface area contributed by atoms with Crippen molar-refractivity contribution in [1.82, 2.24) is 4.98 Å². The highest BCUT2D eigenvalue weighted by Gasteiger charge is 2.14. The second-order valence-corrected chi connectivity index (χ2v) is 4.89. The molecular formula is C13H21N3. The minimum absolute atomic E-state index is 0.437. The number of aromatic nitrogens is 1. The smallest absolute Gasteiger partial charge is 0.130 e. The van der Waals surface area contributed by atoms with Crippen molar-refractivity contribution in [2.24, 2.45) is 0 Å². The first-order chi connectivity index (χ1) is 7.66. The summed E-state index contributed by atoms with van der Waals surface area (Å²) in [5, 5.41) is 0. The summed E-state index contributed by atoms with van der Waals surface area (Å²) in [7, 11) is 0. The van der Waals surface area contributed by atoms with Crippen LogP contribution in [0.15, 0.2) is 12.1 Å². The first-order valence-electron chi connectivity index (χ1n) is 6.19. The van der Waals surface area contributed by atoms with E-state index in [2.05, 4.69) is 18.7 Å². The van der Waals surface area contributed by atoms with Gasteiger partial charge in [-0.2, -0.15) is 0 Å². The molecule has 1 aromatic heterocycles. The zero-order valence-electron chi connectivity index (χ0n) is 10.2. The predicted molar refractivity (Wildman–Crippen MR) is 68.8 cm³/mol. The lowest BCUT2D eigenvalue weighted by molar-refractivity contribution is 0.572. The lowest BCUT2D eigenvalue weighted by atomic mass is 10.1. The molecule has 1 fully saturated rings. The van der Waals surface area contributed by atoms with E-state index < -0.39 is 0 Å². The minimum Gasteiger partial charge on any atom is -0.399 e. The minimum atomic E-state index is 0.437. The number of rotatable bonds is 2. The summed E-state index contributed by atoms with van der Waals surface area (Å²) in [6.07, 6.45) is 3.89. The Bertz CT molecular complexity index is 354. The van der Waals surface area contributed by atoms with Crippen LogP contribution in [0.5, 0.6) is 0 Å². The molecule has 0 spiro atoms. The van der Waals surface area contributed by atoms with Crippen LogP contribution >= 0.6 is 0 Å². The Morgan fingerprint density at radius 1 is 1.19 bits per heavy atom. The molecular weight excluding hydrogens is 198 g/mol. The molecule has 0 aliphatic carbocycles. The van der Waals surface area contributed by atoms with Crippen molar-refractivity contribution in [2.75, 3.05) is 23.7 Å². The molecule has 1 aromatic rings. The predicted octanol–water partition coefficient (Wildman–Crippen LogP) is 2.78. The van der Waals surface area contributed by atoms with Crippen LogP contribution in [0.1, 0.15) is 44.7 Å². The van der Waals surface area contributed by atoms with Crippen molar-refractivity contribution in [3.05, 3.63) is 17.8 Å². The maximum Gasteiger partial charge on any atom is 0.130 e. The maximum absolute atomic E-state index is 5.94. The van der Waals surface area contributed by atoms with Gasteiger partial charge >= 0.3 is 0 Å². The van der Waals surface area contributed by atoms with Crippen molar-refractivity contribution in [1.29, 1.82) is 0 Å². The molecule has 1 aliphatic heterocycles. The van der Waals surface area contributed by atoms with Gasteiger partial charge in [-0.15, -0.1) is 0 Å². The van der Waals surface area contributed by atoms with E-state index in [1.807, 2.05) is 12.1 Å². The first-order valence-corrected chi connectivity index (χ1v) is 6.19. The number of nitrogens with two attached hydrogens (primary N) is 1. The third-order valence-electron chi connectivity index (χ3n) is 3.13. The lowest BCUT2D eigenvalue weighted by Gasteiger charge is -2.28. The highest BCUT2D eigenvalue weighted by Crippen LogP contribution is 2.23. The third-order valence-corrected chi connectivity index (χ3v) is 3.13. The van der Waals surface area contributed by atoms with Crippen molar-refractivity contribution in [3.8, 4) is 0 Å². The van der Waals surface area contributed by atoms with Gasteiger partial charge in [-0.3, -0.25) is 0 Å². The van der Waals surface area contributed by atoms with Gasteiger partial charge in [-0.05, 0) is 31.2 Å². The summed E-state index contributed by atoms with van der Waals surface area (Å²) < 4.78 is 0. The number of nitrogen functional groups attached to an aromatic ring is 1. The molecule has 3 heteroatoms. The molecule has 0 unspecified atom stereocenters. The molecule has 0 radical (unpaired) electrons. The van der Waals surface area contributed by atoms with E-state index in [0.717, 1.165) is 30.3 Å². The summed E-state index contributed by atoms with van der Waals surface area (Å²) in [4.78, 5) is 7.06. The van der Waals surface area contributed by atoms with Gasteiger partial charge in [0.15, 0.2) is 0 Å². The SMILES string of the molecule is CC(C)c1cc(N)cc(N2CCCCC2)n1. The number of pyridine rings is 1. The van der Waals surface area contributed by atoms with E-state index in [1.165, 1.54) is 19.3 Å². The van der Waals surface area contributed by atoms with Crippen LogP contribution in [0.4, 0.5) is 11.5 Å². The number of nitrogens with zero attached hydrogens (tertiary/aromatic N) is 2. The Morgan fingerprint density at radius 2 is 1.88 bits per heavy atom. The average Bonchev–Trinajstić information content (AvgIpc) is 2.29. The molecule has 3 nitrogen and oxygen atoms in total. The number of piperidine rings is 1. The van der Waals surface area contributed by atoms with Gasteiger partial charge in [-0.25, -0.2) is 4.98 Å². The van der Waals surface area contributed by atoms with E-state index in [1.54, 1.807) is 0 Å². The molecule has 0 saturated carbocycles. The second-order valence-electron chi connectivity index (χ2n) is 4.89. The molecule has 2 N–H and O–H groups in total. The van der Waals surface area contributed by atoms with Gasteiger partial charge in [0.25, 0.3) is 0 Å². The van der Waals surface area contributed by atoms with Gasteiger partial charge in [0, 0.05) is 30.5 Å². The van der Waals surface area contributed by atoms with E-state index >= 15 is 0 Å². The lowest BCUT2D eigenvalue weighted by Crippen LogP contribution is -2.30. The fourth-order valence-corrected chi connectivity index (χ4v) is 2.14.